The van der Waals surface area contributed by atoms with Gasteiger partial charge < -0.3 is 0 Å². The van der Waals surface area contributed by atoms with E-state index in [1.54, 1.807) is 0 Å². The van der Waals surface area contributed by atoms with E-state index in [9.17, 15) is 0 Å². The third-order valence-corrected chi connectivity index (χ3v) is 6.16. The maximum atomic E-state index is 3.87. The van der Waals surface area contributed by atoms with Gasteiger partial charge in [0.25, 0.3) is 0 Å². The van der Waals surface area contributed by atoms with Gasteiger partial charge in [0, 0.05) is 20.5 Å². The third kappa shape index (κ3) is 3.08. The van der Waals surface area contributed by atoms with Crippen molar-refractivity contribution in [3.63, 3.8) is 0 Å². The van der Waals surface area contributed by atoms with E-state index in [1.807, 2.05) is 0 Å². The molecule has 0 saturated carbocycles. The van der Waals surface area contributed by atoms with Crippen molar-refractivity contribution in [3.8, 4) is 0 Å². The molecule has 0 heterocycles. The fourth-order valence-electron chi connectivity index (χ4n) is 2.42. The summed E-state index contributed by atoms with van der Waals surface area (Å²) in [7, 11) is 0. The van der Waals surface area contributed by atoms with E-state index in [0.717, 1.165) is 0 Å². The van der Waals surface area contributed by atoms with E-state index in [0.29, 0.717) is 10.7 Å². The Labute approximate surface area is 127 Å². The van der Waals surface area contributed by atoms with Crippen LogP contribution in [-0.2, 0) is 0 Å². The molecule has 2 aliphatic carbocycles. The molecule has 4 unspecified atom stereocenters. The van der Waals surface area contributed by atoms with E-state index < -0.39 is 0 Å². The molecule has 0 amide bonds. The van der Waals surface area contributed by atoms with E-state index in [4.69, 9.17) is 0 Å². The molecular weight excluding hydrogens is 352 g/mol. The van der Waals surface area contributed by atoms with Crippen LogP contribution < -0.4 is 0 Å². The van der Waals surface area contributed by atoms with Crippen molar-refractivity contribution in [2.24, 2.45) is 11.3 Å². The standard InChI is InChI=1S/C16H20Br2/c1-15(10-5-4-8-14(15)17)12-9-13-7-3-6-11-16(13,2)18/h3-5,7-10,12-14H,6,11H2,1-2H3. The van der Waals surface area contributed by atoms with Gasteiger partial charge >= 0.3 is 0 Å². The molecular formula is C16H20Br2. The second kappa shape index (κ2) is 5.50. The van der Waals surface area contributed by atoms with Crippen LogP contribution in [0.3, 0.4) is 0 Å². The molecule has 2 rings (SSSR count). The summed E-state index contributed by atoms with van der Waals surface area (Å²) in [6.45, 7) is 4.55. The smallest absolute Gasteiger partial charge is 0.0451 e. The first-order chi connectivity index (χ1) is 8.44. The molecule has 0 bridgehead atoms. The summed E-state index contributed by atoms with van der Waals surface area (Å²) in [5.74, 6) is 0.474. The third-order valence-electron chi connectivity index (χ3n) is 3.94. The Kier molecular flexibility index (Phi) is 4.38. The SMILES string of the molecule is CC1(C=CC2C=CCCC2(C)Br)C=CC=CC1Br. The van der Waals surface area contributed by atoms with Crippen molar-refractivity contribution >= 4 is 31.9 Å². The summed E-state index contributed by atoms with van der Waals surface area (Å²) in [5.41, 5.74) is 0.0725. The molecule has 0 radical (unpaired) electrons. The average Bonchev–Trinajstić information content (AvgIpc) is 2.31. The highest BCUT2D eigenvalue weighted by Gasteiger charge is 2.31. The fraction of sp³-hybridized carbons (Fsp3) is 0.500. The fourth-order valence-corrected chi connectivity index (χ4v) is 3.44. The predicted octanol–water partition coefficient (Wildman–Crippen LogP) is 5.56. The molecule has 0 nitrogen and oxygen atoms in total. The molecule has 0 aliphatic heterocycles. The largest absolute Gasteiger partial charge is 0.0878 e. The maximum Gasteiger partial charge on any atom is 0.0451 e. The van der Waals surface area contributed by atoms with E-state index in [-0.39, 0.29) is 9.74 Å². The summed E-state index contributed by atoms with van der Waals surface area (Å²) in [6, 6.07) is 0. The molecule has 2 heteroatoms. The minimum Gasteiger partial charge on any atom is -0.0878 e. The Morgan fingerprint density at radius 3 is 2.67 bits per heavy atom. The summed E-state index contributed by atoms with van der Waals surface area (Å²) >= 11 is 7.62. The lowest BCUT2D eigenvalue weighted by Gasteiger charge is -2.33. The first-order valence-corrected chi connectivity index (χ1v) is 8.20. The minimum absolute atomic E-state index is 0.0725. The molecule has 0 fully saturated rings. The quantitative estimate of drug-likeness (QED) is 0.440. The minimum atomic E-state index is 0.0725. The van der Waals surface area contributed by atoms with E-state index in [1.165, 1.54) is 12.8 Å². The Morgan fingerprint density at radius 2 is 2.00 bits per heavy atom. The molecule has 18 heavy (non-hydrogen) atoms. The first kappa shape index (κ1) is 14.3. The van der Waals surface area contributed by atoms with Crippen molar-refractivity contribution in [1.29, 1.82) is 0 Å². The van der Waals surface area contributed by atoms with Crippen molar-refractivity contribution in [3.05, 3.63) is 48.6 Å². The zero-order valence-corrected chi connectivity index (χ0v) is 14.1. The Balaban J connectivity index is 2.15. The molecule has 0 aromatic carbocycles. The second-order valence-corrected chi connectivity index (χ2v) is 8.44. The van der Waals surface area contributed by atoms with Crippen molar-refractivity contribution < 1.29 is 0 Å². The summed E-state index contributed by atoms with van der Waals surface area (Å²) in [5, 5.41) is 0. The number of hydrogen-bond donors (Lipinski definition) is 0. The van der Waals surface area contributed by atoms with Crippen LogP contribution >= 0.6 is 31.9 Å². The zero-order chi connectivity index (χ0) is 13.2. The van der Waals surface area contributed by atoms with Crippen LogP contribution in [0.2, 0.25) is 0 Å². The summed E-state index contributed by atoms with van der Waals surface area (Å²) < 4.78 is 0.199. The van der Waals surface area contributed by atoms with Crippen LogP contribution in [0.15, 0.2) is 48.6 Å². The van der Waals surface area contributed by atoms with Gasteiger partial charge in [-0.15, -0.1) is 0 Å². The Morgan fingerprint density at radius 1 is 1.22 bits per heavy atom. The Hall–Kier alpha value is -0.0800. The van der Waals surface area contributed by atoms with Gasteiger partial charge in [-0.3, -0.25) is 0 Å². The molecule has 0 N–H and O–H groups in total. The lowest BCUT2D eigenvalue weighted by molar-refractivity contribution is 0.498. The molecule has 0 spiro atoms. The lowest BCUT2D eigenvalue weighted by atomic mass is 9.79. The second-order valence-electron chi connectivity index (χ2n) is 5.64. The van der Waals surface area contributed by atoms with Gasteiger partial charge in [0.1, 0.15) is 0 Å². The zero-order valence-electron chi connectivity index (χ0n) is 10.9. The summed E-state index contributed by atoms with van der Waals surface area (Å²) in [4.78, 5) is 0.375. The monoisotopic (exact) mass is 370 g/mol. The summed E-state index contributed by atoms with van der Waals surface area (Å²) in [6.07, 6.45) is 20.4. The van der Waals surface area contributed by atoms with Crippen LogP contribution in [0.5, 0.6) is 0 Å². The number of halogens is 2. The van der Waals surface area contributed by atoms with E-state index >= 15 is 0 Å². The topological polar surface area (TPSA) is 0 Å². The highest BCUT2D eigenvalue weighted by atomic mass is 79.9. The maximum absolute atomic E-state index is 3.87. The molecule has 0 aromatic heterocycles. The first-order valence-electron chi connectivity index (χ1n) is 6.49. The van der Waals surface area contributed by atoms with Crippen molar-refractivity contribution in [2.45, 2.75) is 35.8 Å². The number of alkyl halides is 2. The van der Waals surface area contributed by atoms with Crippen LogP contribution in [0.4, 0.5) is 0 Å². The van der Waals surface area contributed by atoms with Crippen molar-refractivity contribution in [2.75, 3.05) is 0 Å². The Bertz CT molecular complexity index is 415. The normalized spacial score (nSPS) is 43.8. The van der Waals surface area contributed by atoms with Gasteiger partial charge in [0.05, 0.1) is 0 Å². The highest BCUT2D eigenvalue weighted by Crippen LogP contribution is 2.40. The number of rotatable bonds is 2. The molecule has 98 valence electrons. The van der Waals surface area contributed by atoms with Gasteiger partial charge in [0.15, 0.2) is 0 Å². The van der Waals surface area contributed by atoms with Crippen LogP contribution in [0.1, 0.15) is 26.7 Å². The van der Waals surface area contributed by atoms with Crippen LogP contribution in [0, 0.1) is 11.3 Å². The number of allylic oxidation sites excluding steroid dienone is 8. The average molecular weight is 372 g/mol. The van der Waals surface area contributed by atoms with Gasteiger partial charge in [-0.05, 0) is 19.8 Å². The predicted molar refractivity (Wildman–Crippen MR) is 87.4 cm³/mol. The van der Waals surface area contributed by atoms with Crippen molar-refractivity contribution in [1.82, 2.24) is 0 Å². The van der Waals surface area contributed by atoms with Gasteiger partial charge in [-0.2, -0.15) is 0 Å². The lowest BCUT2D eigenvalue weighted by Crippen LogP contribution is -2.29. The van der Waals surface area contributed by atoms with E-state index in [2.05, 4.69) is 94.3 Å². The molecule has 2 aliphatic rings. The molecule has 0 saturated heterocycles. The number of hydrogen-bond acceptors (Lipinski definition) is 0. The highest BCUT2D eigenvalue weighted by molar-refractivity contribution is 9.10. The van der Waals surface area contributed by atoms with Gasteiger partial charge in [-0.25, -0.2) is 0 Å². The van der Waals surface area contributed by atoms with Gasteiger partial charge in [0.2, 0.25) is 0 Å². The van der Waals surface area contributed by atoms with Crippen LogP contribution in [0.25, 0.3) is 0 Å². The van der Waals surface area contributed by atoms with Crippen LogP contribution in [-0.4, -0.2) is 9.15 Å². The molecule has 4 atom stereocenters. The van der Waals surface area contributed by atoms with Gasteiger partial charge in [-0.1, -0.05) is 87.4 Å². The molecule has 0 aromatic rings.